The number of ether oxygens (including phenoxy) is 2. The van der Waals surface area contributed by atoms with E-state index in [1.807, 2.05) is 6.07 Å². The number of methoxy groups -OCH3 is 1. The zero-order valence-corrected chi connectivity index (χ0v) is 21.4. The first kappa shape index (κ1) is 26.6. The molecule has 0 unspecified atom stereocenters. The van der Waals surface area contributed by atoms with Gasteiger partial charge < -0.3 is 24.1 Å². The predicted octanol–water partition coefficient (Wildman–Crippen LogP) is 5.20. The van der Waals surface area contributed by atoms with E-state index in [1.165, 1.54) is 7.11 Å². The number of carboxylic acids is 1. The standard InChI is InChI=1S/C25H40O6Si/c1-8-10-18(26)14-20-16-21(31-32(6,7)25(2,3)4)15-19(30-20)13-17-11-9-12-22(29-5)23(17)24(27)28/h8-9,11-12,18-21,26H,1,10,13-16H2,2-7H3,(H,27,28)/t18-,19-,20-,21+/m1/s1. The van der Waals surface area contributed by atoms with Crippen LogP contribution in [0.4, 0.5) is 0 Å². The maximum absolute atomic E-state index is 11.9. The van der Waals surface area contributed by atoms with E-state index >= 15 is 0 Å². The Balaban J connectivity index is 2.27. The van der Waals surface area contributed by atoms with Crippen LogP contribution < -0.4 is 4.74 Å². The Kier molecular flexibility index (Phi) is 9.11. The molecule has 1 saturated heterocycles. The van der Waals surface area contributed by atoms with Crippen molar-refractivity contribution in [3.8, 4) is 5.75 Å². The molecule has 1 heterocycles. The third-order valence-electron chi connectivity index (χ3n) is 6.67. The van der Waals surface area contributed by atoms with Crippen molar-refractivity contribution in [1.29, 1.82) is 0 Å². The van der Waals surface area contributed by atoms with Crippen molar-refractivity contribution in [3.63, 3.8) is 0 Å². The largest absolute Gasteiger partial charge is 0.496 e. The fraction of sp³-hybridized carbons (Fsp3) is 0.640. The molecular weight excluding hydrogens is 424 g/mol. The Morgan fingerprint density at radius 1 is 1.31 bits per heavy atom. The van der Waals surface area contributed by atoms with Gasteiger partial charge in [-0.3, -0.25) is 0 Å². The van der Waals surface area contributed by atoms with E-state index in [0.717, 1.165) is 6.42 Å². The summed E-state index contributed by atoms with van der Waals surface area (Å²) in [6, 6.07) is 5.28. The Bertz CT molecular complexity index is 785. The lowest BCUT2D eigenvalue weighted by Crippen LogP contribution is -2.48. The maximum Gasteiger partial charge on any atom is 0.339 e. The molecule has 32 heavy (non-hydrogen) atoms. The Hall–Kier alpha value is -1.67. The highest BCUT2D eigenvalue weighted by Crippen LogP contribution is 2.40. The molecule has 1 aromatic rings. The van der Waals surface area contributed by atoms with Gasteiger partial charge in [-0.1, -0.05) is 39.0 Å². The third-order valence-corrected chi connectivity index (χ3v) is 11.2. The van der Waals surface area contributed by atoms with Crippen LogP contribution in [0.5, 0.6) is 5.75 Å². The second-order valence-electron chi connectivity index (χ2n) is 10.3. The molecule has 1 aliphatic heterocycles. The Morgan fingerprint density at radius 2 is 1.97 bits per heavy atom. The summed E-state index contributed by atoms with van der Waals surface area (Å²) < 4.78 is 18.4. The molecule has 2 N–H and O–H groups in total. The molecule has 7 heteroatoms. The van der Waals surface area contributed by atoms with Crippen LogP contribution in [0.25, 0.3) is 0 Å². The van der Waals surface area contributed by atoms with Crippen molar-refractivity contribution < 1.29 is 28.9 Å². The Morgan fingerprint density at radius 3 is 2.53 bits per heavy atom. The van der Waals surface area contributed by atoms with Crippen LogP contribution in [0, 0.1) is 0 Å². The molecule has 0 radical (unpaired) electrons. The van der Waals surface area contributed by atoms with Crippen molar-refractivity contribution in [2.45, 2.75) is 95.4 Å². The van der Waals surface area contributed by atoms with E-state index in [0.29, 0.717) is 37.0 Å². The molecule has 1 aromatic carbocycles. The number of aromatic carboxylic acids is 1. The van der Waals surface area contributed by atoms with Gasteiger partial charge in [-0.25, -0.2) is 4.79 Å². The van der Waals surface area contributed by atoms with Crippen LogP contribution in [0.3, 0.4) is 0 Å². The summed E-state index contributed by atoms with van der Waals surface area (Å²) in [5.74, 6) is -0.668. The zero-order valence-electron chi connectivity index (χ0n) is 20.4. The van der Waals surface area contributed by atoms with Crippen molar-refractivity contribution >= 4 is 14.3 Å². The number of carbonyl (C=O) groups is 1. The molecule has 0 aliphatic carbocycles. The van der Waals surface area contributed by atoms with Crippen molar-refractivity contribution in [2.75, 3.05) is 7.11 Å². The summed E-state index contributed by atoms with van der Waals surface area (Å²) in [6.45, 7) is 14.8. The predicted molar refractivity (Wildman–Crippen MR) is 129 cm³/mol. The van der Waals surface area contributed by atoms with Crippen molar-refractivity contribution in [3.05, 3.63) is 42.0 Å². The molecule has 0 bridgehead atoms. The highest BCUT2D eigenvalue weighted by atomic mass is 28.4. The van der Waals surface area contributed by atoms with Crippen LogP contribution in [-0.4, -0.2) is 56.0 Å². The molecule has 0 amide bonds. The molecule has 0 aromatic heterocycles. The first-order valence-electron chi connectivity index (χ1n) is 11.4. The number of hydrogen-bond donors (Lipinski definition) is 2. The quantitative estimate of drug-likeness (QED) is 0.366. The van der Waals surface area contributed by atoms with E-state index in [2.05, 4.69) is 40.4 Å². The van der Waals surface area contributed by atoms with Crippen molar-refractivity contribution in [1.82, 2.24) is 0 Å². The lowest BCUT2D eigenvalue weighted by Gasteiger charge is -2.43. The molecule has 1 fully saturated rings. The average Bonchev–Trinajstić information content (AvgIpc) is 2.66. The van der Waals surface area contributed by atoms with E-state index in [1.54, 1.807) is 18.2 Å². The van der Waals surface area contributed by atoms with Crippen LogP contribution >= 0.6 is 0 Å². The van der Waals surface area contributed by atoms with E-state index in [4.69, 9.17) is 13.9 Å². The minimum atomic E-state index is -1.99. The molecular formula is C25H40O6Si. The molecule has 180 valence electrons. The second-order valence-corrected chi connectivity index (χ2v) is 15.0. The van der Waals surface area contributed by atoms with Gasteiger partial charge in [0.1, 0.15) is 11.3 Å². The average molecular weight is 465 g/mol. The lowest BCUT2D eigenvalue weighted by atomic mass is 9.92. The summed E-state index contributed by atoms with van der Waals surface area (Å²) in [4.78, 5) is 11.9. The highest BCUT2D eigenvalue weighted by Gasteiger charge is 2.42. The first-order valence-corrected chi connectivity index (χ1v) is 14.3. The van der Waals surface area contributed by atoms with Gasteiger partial charge in [0.25, 0.3) is 0 Å². The SMILES string of the molecule is C=CC[C@@H](O)C[C@@H]1C[C@@H](O[Si](C)(C)C(C)(C)C)C[C@@H](Cc2cccc(OC)c2C(=O)O)O1. The van der Waals surface area contributed by atoms with Gasteiger partial charge in [0.05, 0.1) is 25.4 Å². The molecule has 1 aliphatic rings. The summed E-state index contributed by atoms with van der Waals surface area (Å²) in [7, 11) is -0.516. The van der Waals surface area contributed by atoms with Gasteiger partial charge in [-0.2, -0.15) is 0 Å². The summed E-state index contributed by atoms with van der Waals surface area (Å²) in [6.07, 6.45) is 3.72. The van der Waals surface area contributed by atoms with Crippen LogP contribution in [-0.2, 0) is 15.6 Å². The minimum Gasteiger partial charge on any atom is -0.496 e. The van der Waals surface area contributed by atoms with Gasteiger partial charge in [0.15, 0.2) is 8.32 Å². The van der Waals surface area contributed by atoms with Gasteiger partial charge in [-0.05, 0) is 61.9 Å². The van der Waals surface area contributed by atoms with Gasteiger partial charge >= 0.3 is 5.97 Å². The smallest absolute Gasteiger partial charge is 0.339 e. The van der Waals surface area contributed by atoms with Crippen LogP contribution in [0.2, 0.25) is 18.1 Å². The topological polar surface area (TPSA) is 85.2 Å². The number of rotatable bonds is 10. The molecule has 0 saturated carbocycles. The zero-order chi connectivity index (χ0) is 24.1. The first-order chi connectivity index (χ1) is 14.9. The maximum atomic E-state index is 11.9. The van der Waals surface area contributed by atoms with E-state index in [9.17, 15) is 15.0 Å². The monoisotopic (exact) mass is 464 g/mol. The normalized spacial score (nSPS) is 22.9. The lowest BCUT2D eigenvalue weighted by molar-refractivity contribution is -0.104. The molecule has 0 spiro atoms. The fourth-order valence-electron chi connectivity index (χ4n) is 4.04. The summed E-state index contributed by atoms with van der Waals surface area (Å²) in [5, 5.41) is 20.2. The molecule has 6 nitrogen and oxygen atoms in total. The number of aliphatic hydroxyl groups excluding tert-OH is 1. The summed E-state index contributed by atoms with van der Waals surface area (Å²) in [5.41, 5.74) is 0.856. The Labute approximate surface area is 193 Å². The number of hydrogen-bond acceptors (Lipinski definition) is 5. The summed E-state index contributed by atoms with van der Waals surface area (Å²) >= 11 is 0. The molecule has 4 atom stereocenters. The van der Waals surface area contributed by atoms with Gasteiger partial charge in [0, 0.05) is 6.10 Å². The minimum absolute atomic E-state index is 0.00876. The number of benzene rings is 1. The van der Waals surface area contributed by atoms with Gasteiger partial charge in [-0.15, -0.1) is 6.58 Å². The highest BCUT2D eigenvalue weighted by molar-refractivity contribution is 6.74. The van der Waals surface area contributed by atoms with Gasteiger partial charge in [0.2, 0.25) is 0 Å². The fourth-order valence-corrected chi connectivity index (χ4v) is 5.42. The second kappa shape index (κ2) is 11.0. The molecule has 2 rings (SSSR count). The number of aliphatic hydroxyl groups is 1. The van der Waals surface area contributed by atoms with Crippen LogP contribution in [0.15, 0.2) is 30.9 Å². The van der Waals surface area contributed by atoms with E-state index < -0.39 is 20.4 Å². The van der Waals surface area contributed by atoms with Crippen molar-refractivity contribution in [2.24, 2.45) is 0 Å². The van der Waals surface area contributed by atoms with Crippen LogP contribution in [0.1, 0.15) is 62.4 Å². The number of carboxylic acid groups (broad SMARTS) is 1. The third kappa shape index (κ3) is 6.91. The van der Waals surface area contributed by atoms with E-state index in [-0.39, 0.29) is 28.9 Å².